The predicted octanol–water partition coefficient (Wildman–Crippen LogP) is 4.10. The van der Waals surface area contributed by atoms with Crippen LogP contribution in [0.3, 0.4) is 0 Å². The van der Waals surface area contributed by atoms with E-state index >= 15 is 0 Å². The zero-order valence-electron chi connectivity index (χ0n) is 13.4. The number of thiophene rings is 1. The van der Waals surface area contributed by atoms with Crippen LogP contribution in [0.15, 0.2) is 47.5 Å². The molecular formula is C18H19N3O2S. The van der Waals surface area contributed by atoms with Crippen LogP contribution in [0.1, 0.15) is 35.7 Å². The number of rotatable bonds is 7. The molecule has 6 heteroatoms. The summed E-state index contributed by atoms with van der Waals surface area (Å²) in [6, 6.07) is 5.90. The molecule has 3 aromatic rings. The number of H-pyrrole nitrogens is 1. The summed E-state index contributed by atoms with van der Waals surface area (Å²) in [5, 5.41) is 10.8. The van der Waals surface area contributed by atoms with Gasteiger partial charge in [-0.25, -0.2) is 4.79 Å². The Balaban J connectivity index is 1.64. The molecule has 24 heavy (non-hydrogen) atoms. The van der Waals surface area contributed by atoms with Crippen molar-refractivity contribution in [2.75, 3.05) is 0 Å². The van der Waals surface area contributed by atoms with Crippen LogP contribution in [0.2, 0.25) is 0 Å². The molecule has 0 aliphatic rings. The largest absolute Gasteiger partial charge is 0.459 e. The summed E-state index contributed by atoms with van der Waals surface area (Å²) in [4.78, 5) is 16.6. The maximum atomic E-state index is 12.5. The van der Waals surface area contributed by atoms with Crippen LogP contribution in [0, 0.1) is 0 Å². The molecule has 1 N–H and O–H groups in total. The number of hydrogen-bond acceptors (Lipinski definition) is 5. The van der Waals surface area contributed by atoms with Gasteiger partial charge in [-0.15, -0.1) is 0 Å². The van der Waals surface area contributed by atoms with E-state index < -0.39 is 0 Å². The van der Waals surface area contributed by atoms with Crippen molar-refractivity contribution >= 4 is 17.3 Å². The Morgan fingerprint density at radius 1 is 1.38 bits per heavy atom. The van der Waals surface area contributed by atoms with Crippen molar-refractivity contribution in [1.29, 1.82) is 0 Å². The summed E-state index contributed by atoms with van der Waals surface area (Å²) >= 11 is 1.58. The molecule has 1 unspecified atom stereocenters. The Morgan fingerprint density at radius 3 is 3.00 bits per heavy atom. The molecule has 0 aromatic carbocycles. The monoisotopic (exact) mass is 341 g/mol. The van der Waals surface area contributed by atoms with E-state index in [4.69, 9.17) is 4.74 Å². The van der Waals surface area contributed by atoms with E-state index in [0.29, 0.717) is 11.3 Å². The first-order valence-electron chi connectivity index (χ1n) is 7.93. The molecule has 0 spiro atoms. The van der Waals surface area contributed by atoms with E-state index in [9.17, 15) is 4.79 Å². The number of esters is 1. The maximum Gasteiger partial charge on any atom is 0.342 e. The van der Waals surface area contributed by atoms with Gasteiger partial charge in [-0.05, 0) is 42.3 Å². The van der Waals surface area contributed by atoms with Crippen molar-refractivity contribution in [2.45, 2.75) is 32.3 Å². The van der Waals surface area contributed by atoms with Crippen LogP contribution in [-0.2, 0) is 11.2 Å². The molecule has 0 aliphatic carbocycles. The lowest BCUT2D eigenvalue weighted by Gasteiger charge is -2.16. The van der Waals surface area contributed by atoms with Crippen molar-refractivity contribution in [3.63, 3.8) is 0 Å². The first kappa shape index (κ1) is 16.4. The average molecular weight is 341 g/mol. The molecule has 0 saturated heterocycles. The van der Waals surface area contributed by atoms with Crippen LogP contribution >= 0.6 is 11.3 Å². The number of hydrogen-bond donors (Lipinski definition) is 1. The molecule has 3 aromatic heterocycles. The zero-order chi connectivity index (χ0) is 16.8. The topological polar surface area (TPSA) is 67.9 Å². The summed E-state index contributed by atoms with van der Waals surface area (Å²) in [7, 11) is 0. The van der Waals surface area contributed by atoms with Gasteiger partial charge in [0.05, 0.1) is 11.9 Å². The summed E-state index contributed by atoms with van der Waals surface area (Å²) in [5.41, 5.74) is 3.29. The van der Waals surface area contributed by atoms with Gasteiger partial charge in [-0.2, -0.15) is 16.4 Å². The van der Waals surface area contributed by atoms with Crippen LogP contribution < -0.4 is 0 Å². The zero-order valence-corrected chi connectivity index (χ0v) is 14.3. The number of pyridine rings is 1. The lowest BCUT2D eigenvalue weighted by atomic mass is 10.1. The summed E-state index contributed by atoms with van der Waals surface area (Å²) in [6.45, 7) is 2.02. The van der Waals surface area contributed by atoms with Gasteiger partial charge in [-0.1, -0.05) is 13.0 Å². The normalized spacial score (nSPS) is 12.0. The Bertz CT molecular complexity index is 769. The number of nitrogens with one attached hydrogen (secondary N) is 1. The quantitative estimate of drug-likeness (QED) is 0.657. The number of aromatic amines is 1. The van der Waals surface area contributed by atoms with Gasteiger partial charge >= 0.3 is 5.97 Å². The minimum Gasteiger partial charge on any atom is -0.459 e. The molecule has 0 saturated carbocycles. The van der Waals surface area contributed by atoms with Gasteiger partial charge < -0.3 is 4.74 Å². The Labute approximate surface area is 144 Å². The van der Waals surface area contributed by atoms with E-state index in [-0.39, 0.29) is 12.1 Å². The standard InChI is InChI=1S/C18H19N3O2S/c1-2-15(6-5-13-4-3-8-19-10-13)23-18(22)16-11-20-21-17(16)14-7-9-24-12-14/h3-4,7-12,15H,2,5-6H2,1H3,(H,20,21). The van der Waals surface area contributed by atoms with E-state index in [1.54, 1.807) is 17.5 Å². The highest BCUT2D eigenvalue weighted by Crippen LogP contribution is 2.24. The van der Waals surface area contributed by atoms with Gasteiger partial charge in [0.2, 0.25) is 0 Å². The SMILES string of the molecule is CCC(CCc1cccnc1)OC(=O)c1cn[nH]c1-c1ccsc1. The Morgan fingerprint density at radius 2 is 2.29 bits per heavy atom. The second-order valence-corrected chi connectivity index (χ2v) is 6.29. The average Bonchev–Trinajstić information content (AvgIpc) is 3.29. The van der Waals surface area contributed by atoms with E-state index in [1.165, 1.54) is 6.20 Å². The van der Waals surface area contributed by atoms with Crippen LogP contribution in [0.25, 0.3) is 11.3 Å². The molecule has 0 radical (unpaired) electrons. The van der Waals surface area contributed by atoms with Crippen molar-refractivity contribution in [2.24, 2.45) is 0 Å². The second-order valence-electron chi connectivity index (χ2n) is 5.51. The molecular weight excluding hydrogens is 322 g/mol. The van der Waals surface area contributed by atoms with Crippen molar-refractivity contribution in [1.82, 2.24) is 15.2 Å². The first-order chi connectivity index (χ1) is 11.8. The second kappa shape index (κ2) is 7.88. The summed E-state index contributed by atoms with van der Waals surface area (Å²) in [6.07, 6.45) is 7.40. The molecule has 0 aliphatic heterocycles. The van der Waals surface area contributed by atoms with E-state index in [1.807, 2.05) is 42.1 Å². The van der Waals surface area contributed by atoms with Gasteiger partial charge in [0.1, 0.15) is 11.7 Å². The van der Waals surface area contributed by atoms with Crippen LogP contribution in [-0.4, -0.2) is 27.3 Å². The smallest absolute Gasteiger partial charge is 0.342 e. The van der Waals surface area contributed by atoms with Gasteiger partial charge in [-0.3, -0.25) is 10.1 Å². The van der Waals surface area contributed by atoms with E-state index in [2.05, 4.69) is 15.2 Å². The third-order valence-corrected chi connectivity index (χ3v) is 4.56. The van der Waals surface area contributed by atoms with Crippen molar-refractivity contribution in [3.8, 4) is 11.3 Å². The van der Waals surface area contributed by atoms with Gasteiger partial charge in [0, 0.05) is 23.3 Å². The number of aromatic nitrogens is 3. The minimum absolute atomic E-state index is 0.122. The number of carbonyl (C=O) groups excluding carboxylic acids is 1. The summed E-state index contributed by atoms with van der Waals surface area (Å²) < 4.78 is 5.69. The van der Waals surface area contributed by atoms with Crippen molar-refractivity contribution in [3.05, 3.63) is 58.7 Å². The fraction of sp³-hybridized carbons (Fsp3) is 0.278. The fourth-order valence-corrected chi connectivity index (χ4v) is 3.15. The lowest BCUT2D eigenvalue weighted by Crippen LogP contribution is -2.18. The number of nitrogens with zero attached hydrogens (tertiary/aromatic N) is 2. The Kier molecular flexibility index (Phi) is 5.38. The molecule has 124 valence electrons. The van der Waals surface area contributed by atoms with E-state index in [0.717, 1.165) is 30.4 Å². The third kappa shape index (κ3) is 3.89. The number of aryl methyl sites for hydroxylation is 1. The molecule has 0 bridgehead atoms. The first-order valence-corrected chi connectivity index (χ1v) is 8.88. The molecule has 0 amide bonds. The molecule has 5 nitrogen and oxygen atoms in total. The number of ether oxygens (including phenoxy) is 1. The highest BCUT2D eigenvalue weighted by atomic mass is 32.1. The highest BCUT2D eigenvalue weighted by Gasteiger charge is 2.20. The number of carbonyl (C=O) groups is 1. The van der Waals surface area contributed by atoms with Gasteiger partial charge in [0.15, 0.2) is 0 Å². The maximum absolute atomic E-state index is 12.5. The minimum atomic E-state index is -0.331. The Hall–Kier alpha value is -2.47. The summed E-state index contributed by atoms with van der Waals surface area (Å²) in [5.74, 6) is -0.331. The molecule has 0 fully saturated rings. The van der Waals surface area contributed by atoms with Crippen LogP contribution in [0.4, 0.5) is 0 Å². The fourth-order valence-electron chi connectivity index (χ4n) is 2.50. The lowest BCUT2D eigenvalue weighted by molar-refractivity contribution is 0.0275. The predicted molar refractivity (Wildman–Crippen MR) is 94.0 cm³/mol. The molecule has 3 rings (SSSR count). The molecule has 3 heterocycles. The van der Waals surface area contributed by atoms with Crippen LogP contribution in [0.5, 0.6) is 0 Å². The van der Waals surface area contributed by atoms with Gasteiger partial charge in [0.25, 0.3) is 0 Å². The van der Waals surface area contributed by atoms with Crippen molar-refractivity contribution < 1.29 is 9.53 Å². The molecule has 1 atom stereocenters. The third-order valence-electron chi connectivity index (χ3n) is 3.88. The highest BCUT2D eigenvalue weighted by molar-refractivity contribution is 7.08.